The Kier molecular flexibility index (Phi) is 5.15. The summed E-state index contributed by atoms with van der Waals surface area (Å²) in [6, 6.07) is 24.1. The van der Waals surface area contributed by atoms with Crippen LogP contribution in [0.1, 0.15) is 24.1 Å². The van der Waals surface area contributed by atoms with E-state index in [1.807, 2.05) is 80.6 Å². The zero-order chi connectivity index (χ0) is 22.2. The lowest BCUT2D eigenvalue weighted by Crippen LogP contribution is -2.37. The number of imide groups is 1. The minimum atomic E-state index is -0.874. The van der Waals surface area contributed by atoms with E-state index in [1.165, 1.54) is 4.90 Å². The van der Waals surface area contributed by atoms with Crippen LogP contribution in [0.4, 0.5) is 11.4 Å². The van der Waals surface area contributed by atoms with Gasteiger partial charge in [-0.15, -0.1) is 0 Å². The summed E-state index contributed by atoms with van der Waals surface area (Å²) in [6.07, 6.45) is -0.874. The summed E-state index contributed by atoms with van der Waals surface area (Å²) in [6.45, 7) is 4.48. The highest BCUT2D eigenvalue weighted by Crippen LogP contribution is 2.47. The summed E-state index contributed by atoms with van der Waals surface area (Å²) >= 11 is 0. The number of hydrogen-bond donors (Lipinski definition) is 0. The van der Waals surface area contributed by atoms with Crippen molar-refractivity contribution in [1.82, 2.24) is 0 Å². The van der Waals surface area contributed by atoms with E-state index in [0.29, 0.717) is 12.3 Å². The van der Waals surface area contributed by atoms with Crippen LogP contribution >= 0.6 is 0 Å². The molecule has 0 aromatic heterocycles. The number of rotatable bonds is 5. The lowest BCUT2D eigenvalue weighted by Gasteiger charge is -2.28. The number of carbonyl (C=O) groups excluding carboxylic acids is 2. The highest BCUT2D eigenvalue weighted by molar-refractivity contribution is 6.23. The van der Waals surface area contributed by atoms with Crippen molar-refractivity contribution in [2.45, 2.75) is 26.0 Å². The lowest BCUT2D eigenvalue weighted by atomic mass is 9.90. The predicted octanol–water partition coefficient (Wildman–Crippen LogP) is 4.44. The van der Waals surface area contributed by atoms with Gasteiger partial charge in [0.1, 0.15) is 11.7 Å². The van der Waals surface area contributed by atoms with Crippen molar-refractivity contribution in [3.8, 4) is 5.75 Å². The number of carbonyl (C=O) groups is 2. The van der Waals surface area contributed by atoms with Crippen LogP contribution in [0.2, 0.25) is 0 Å². The number of anilines is 2. The third-order valence-corrected chi connectivity index (χ3v) is 5.95. The third-order valence-electron chi connectivity index (χ3n) is 5.95. The second-order valence-electron chi connectivity index (χ2n) is 8.01. The van der Waals surface area contributed by atoms with Gasteiger partial charge in [-0.2, -0.15) is 0 Å². The fourth-order valence-corrected chi connectivity index (χ4v) is 4.43. The molecule has 0 spiro atoms. The molecule has 6 heteroatoms. The van der Waals surface area contributed by atoms with E-state index in [0.717, 1.165) is 22.6 Å². The molecule has 0 radical (unpaired) electrons. The molecule has 0 aliphatic carbocycles. The summed E-state index contributed by atoms with van der Waals surface area (Å²) < 4.78 is 5.57. The quantitative estimate of drug-likeness (QED) is 0.562. The molecule has 2 aliphatic rings. The zero-order valence-corrected chi connectivity index (χ0v) is 18.0. The Morgan fingerprint density at radius 2 is 1.53 bits per heavy atom. The van der Waals surface area contributed by atoms with Gasteiger partial charge < -0.3 is 4.74 Å². The number of amides is 2. The maximum atomic E-state index is 13.6. The van der Waals surface area contributed by atoms with Crippen molar-refractivity contribution < 1.29 is 19.2 Å². The Bertz CT molecular complexity index is 1130. The number of benzene rings is 3. The standard InChI is InChI=1S/C26H24N2O4/c1-3-31-21-15-11-18(12-16-21)23-22-24(32-28(23)20-7-5-4-6-8-20)26(30)27(25(22)29)19-13-9-17(2)10-14-19/h4-16,22-24H,3H2,1-2H3/t22-,23-,24-/m1/s1. The molecule has 3 atom stereocenters. The maximum absolute atomic E-state index is 13.6. The van der Waals surface area contributed by atoms with E-state index in [1.54, 1.807) is 17.2 Å². The molecule has 3 aromatic rings. The van der Waals surface area contributed by atoms with Crippen LogP contribution in [0.5, 0.6) is 5.75 Å². The zero-order valence-electron chi connectivity index (χ0n) is 18.0. The van der Waals surface area contributed by atoms with Gasteiger partial charge in [0.15, 0.2) is 6.10 Å². The van der Waals surface area contributed by atoms with Crippen LogP contribution in [0, 0.1) is 12.8 Å². The molecular formula is C26H24N2O4. The van der Waals surface area contributed by atoms with Crippen LogP contribution in [0.25, 0.3) is 0 Å². The van der Waals surface area contributed by atoms with Gasteiger partial charge in [0.25, 0.3) is 5.91 Å². The number of nitrogens with zero attached hydrogens (tertiary/aromatic N) is 2. The fourth-order valence-electron chi connectivity index (χ4n) is 4.43. The van der Waals surface area contributed by atoms with Crippen LogP contribution in [0.3, 0.4) is 0 Å². The molecule has 0 N–H and O–H groups in total. The van der Waals surface area contributed by atoms with Crippen LogP contribution in [0.15, 0.2) is 78.9 Å². The highest BCUT2D eigenvalue weighted by Gasteiger charge is 2.60. The lowest BCUT2D eigenvalue weighted by molar-refractivity contribution is -0.126. The molecule has 162 valence electrons. The largest absolute Gasteiger partial charge is 0.494 e. The van der Waals surface area contributed by atoms with Gasteiger partial charge in [0.05, 0.1) is 24.0 Å². The summed E-state index contributed by atoms with van der Waals surface area (Å²) in [7, 11) is 0. The van der Waals surface area contributed by atoms with E-state index in [9.17, 15) is 9.59 Å². The number of fused-ring (bicyclic) bond motifs is 1. The van der Waals surface area contributed by atoms with Gasteiger partial charge in [0.2, 0.25) is 5.91 Å². The van der Waals surface area contributed by atoms with E-state index in [2.05, 4.69) is 0 Å². The van der Waals surface area contributed by atoms with Crippen molar-refractivity contribution in [1.29, 1.82) is 0 Å². The van der Waals surface area contributed by atoms with E-state index >= 15 is 0 Å². The van der Waals surface area contributed by atoms with Gasteiger partial charge in [-0.25, -0.2) is 9.96 Å². The van der Waals surface area contributed by atoms with Crippen molar-refractivity contribution >= 4 is 23.2 Å². The van der Waals surface area contributed by atoms with Gasteiger partial charge in [-0.05, 0) is 55.8 Å². The fraction of sp³-hybridized carbons (Fsp3) is 0.231. The second-order valence-corrected chi connectivity index (χ2v) is 8.01. The van der Waals surface area contributed by atoms with E-state index in [4.69, 9.17) is 9.57 Å². The number of para-hydroxylation sites is 1. The molecule has 6 nitrogen and oxygen atoms in total. The first kappa shape index (κ1) is 20.3. The van der Waals surface area contributed by atoms with Crippen LogP contribution in [-0.4, -0.2) is 24.5 Å². The minimum absolute atomic E-state index is 0.249. The van der Waals surface area contributed by atoms with Crippen molar-refractivity contribution in [2.75, 3.05) is 16.6 Å². The third kappa shape index (κ3) is 3.33. The Morgan fingerprint density at radius 3 is 2.19 bits per heavy atom. The first-order valence-electron chi connectivity index (χ1n) is 10.8. The summed E-state index contributed by atoms with van der Waals surface area (Å²) in [4.78, 5) is 34.3. The van der Waals surface area contributed by atoms with Gasteiger partial charge in [-0.1, -0.05) is 48.0 Å². The molecular weight excluding hydrogens is 404 g/mol. The molecule has 32 heavy (non-hydrogen) atoms. The summed E-state index contributed by atoms with van der Waals surface area (Å²) in [5, 5.41) is 1.70. The first-order valence-corrected chi connectivity index (χ1v) is 10.8. The average molecular weight is 428 g/mol. The summed E-state index contributed by atoms with van der Waals surface area (Å²) in [5.41, 5.74) is 3.31. The second kappa shape index (κ2) is 8.13. The molecule has 2 fully saturated rings. The highest BCUT2D eigenvalue weighted by atomic mass is 16.7. The Labute approximate surface area is 186 Å². The summed E-state index contributed by atoms with van der Waals surface area (Å²) in [5.74, 6) is -0.477. The number of hydrogen-bond acceptors (Lipinski definition) is 5. The minimum Gasteiger partial charge on any atom is -0.494 e. The van der Waals surface area contributed by atoms with Crippen molar-refractivity contribution in [3.05, 3.63) is 90.0 Å². The van der Waals surface area contributed by atoms with Gasteiger partial charge in [-0.3, -0.25) is 14.4 Å². The SMILES string of the molecule is CCOc1ccc([C@@H]2[C@H]3C(=O)N(c4ccc(C)cc4)C(=O)[C@@H]3ON2c2ccccc2)cc1. The molecule has 0 unspecified atom stereocenters. The predicted molar refractivity (Wildman–Crippen MR) is 121 cm³/mol. The molecule has 0 bridgehead atoms. The van der Waals surface area contributed by atoms with Crippen LogP contribution < -0.4 is 14.7 Å². The normalized spacial score (nSPS) is 22.4. The Morgan fingerprint density at radius 1 is 0.844 bits per heavy atom. The molecule has 2 saturated heterocycles. The molecule has 2 heterocycles. The average Bonchev–Trinajstić information content (AvgIpc) is 3.32. The molecule has 2 amide bonds. The van der Waals surface area contributed by atoms with Gasteiger partial charge in [0, 0.05) is 0 Å². The van der Waals surface area contributed by atoms with Gasteiger partial charge >= 0.3 is 0 Å². The van der Waals surface area contributed by atoms with Crippen LogP contribution in [-0.2, 0) is 14.4 Å². The molecule has 2 aliphatic heterocycles. The Balaban J connectivity index is 1.55. The number of ether oxygens (including phenoxy) is 1. The molecule has 5 rings (SSSR count). The molecule has 3 aromatic carbocycles. The molecule has 0 saturated carbocycles. The Hall–Kier alpha value is -3.64. The first-order chi connectivity index (χ1) is 15.6. The van der Waals surface area contributed by atoms with E-state index < -0.39 is 18.1 Å². The van der Waals surface area contributed by atoms with E-state index in [-0.39, 0.29) is 11.8 Å². The number of aryl methyl sites for hydroxylation is 1. The van der Waals surface area contributed by atoms with Crippen molar-refractivity contribution in [3.63, 3.8) is 0 Å². The smallest absolute Gasteiger partial charge is 0.266 e. The number of hydroxylamine groups is 1. The monoisotopic (exact) mass is 428 g/mol. The van der Waals surface area contributed by atoms with Crippen molar-refractivity contribution in [2.24, 2.45) is 5.92 Å². The maximum Gasteiger partial charge on any atom is 0.266 e. The topological polar surface area (TPSA) is 59.1 Å².